The highest BCUT2D eigenvalue weighted by molar-refractivity contribution is 5.93. The van der Waals surface area contributed by atoms with Crippen LogP contribution in [0.1, 0.15) is 61.0 Å². The molecule has 6 heteroatoms. The second-order valence-corrected chi connectivity index (χ2v) is 8.52. The van der Waals surface area contributed by atoms with Gasteiger partial charge in [0.15, 0.2) is 0 Å². The van der Waals surface area contributed by atoms with Crippen LogP contribution in [0.5, 0.6) is 0 Å². The molecule has 2 fully saturated rings. The molecule has 2 aliphatic rings. The van der Waals surface area contributed by atoms with Gasteiger partial charge in [0, 0.05) is 32.3 Å². The van der Waals surface area contributed by atoms with E-state index in [0.29, 0.717) is 18.7 Å². The van der Waals surface area contributed by atoms with E-state index in [4.69, 9.17) is 4.74 Å². The zero-order chi connectivity index (χ0) is 21.1. The number of carbonyl (C=O) groups is 2. The quantitative estimate of drug-likeness (QED) is 0.668. The molecule has 5 nitrogen and oxygen atoms in total. The van der Waals surface area contributed by atoms with Crippen LogP contribution in [0.4, 0.5) is 4.39 Å². The van der Waals surface area contributed by atoms with E-state index in [2.05, 4.69) is 0 Å². The number of ether oxygens (including phenoxy) is 1. The van der Waals surface area contributed by atoms with E-state index >= 15 is 0 Å². The molecule has 1 aliphatic carbocycles. The van der Waals surface area contributed by atoms with Crippen molar-refractivity contribution in [2.45, 2.75) is 56.4 Å². The third-order valence-electron chi connectivity index (χ3n) is 6.73. The van der Waals surface area contributed by atoms with E-state index in [1.54, 1.807) is 12.1 Å². The molecule has 1 saturated heterocycles. The first-order valence-corrected chi connectivity index (χ1v) is 10.9. The minimum atomic E-state index is -0.640. The fourth-order valence-electron chi connectivity index (χ4n) is 4.73. The van der Waals surface area contributed by atoms with Gasteiger partial charge in [-0.25, -0.2) is 4.39 Å². The summed E-state index contributed by atoms with van der Waals surface area (Å²) in [7, 11) is 1.88. The summed E-state index contributed by atoms with van der Waals surface area (Å²) in [6.07, 6.45) is 7.96. The monoisotopic (exact) mass is 412 g/mol. The van der Waals surface area contributed by atoms with Gasteiger partial charge in [-0.1, -0.05) is 18.6 Å². The maximum Gasteiger partial charge on any atom is 0.316 e. The van der Waals surface area contributed by atoms with Gasteiger partial charge in [0.1, 0.15) is 11.5 Å². The number of aryl methyl sites for hydroxylation is 1. The smallest absolute Gasteiger partial charge is 0.316 e. The normalized spacial score (nSPS) is 20.5. The van der Waals surface area contributed by atoms with Gasteiger partial charge in [-0.05, 0) is 61.9 Å². The number of halogens is 1. The average Bonchev–Trinajstić information content (AvgIpc) is 3.14. The summed E-state index contributed by atoms with van der Waals surface area (Å²) < 4.78 is 20.8. The summed E-state index contributed by atoms with van der Waals surface area (Å²) >= 11 is 0. The average molecular weight is 413 g/mol. The Morgan fingerprint density at radius 2 is 1.90 bits per heavy atom. The second-order valence-electron chi connectivity index (χ2n) is 8.52. The van der Waals surface area contributed by atoms with Crippen LogP contribution in [0.3, 0.4) is 0 Å². The summed E-state index contributed by atoms with van der Waals surface area (Å²) in [4.78, 5) is 27.8. The predicted molar refractivity (Wildman–Crippen MR) is 112 cm³/mol. The van der Waals surface area contributed by atoms with E-state index in [9.17, 15) is 14.0 Å². The zero-order valence-electron chi connectivity index (χ0n) is 17.5. The molecular weight excluding hydrogens is 383 g/mol. The molecule has 160 valence electrons. The Labute approximate surface area is 176 Å². The molecule has 2 aromatic rings. The largest absolute Gasteiger partial charge is 0.465 e. The topological polar surface area (TPSA) is 51.5 Å². The zero-order valence-corrected chi connectivity index (χ0v) is 17.5. The number of hydrogen-bond donors (Lipinski definition) is 0. The van der Waals surface area contributed by atoms with Crippen LogP contribution in [0.15, 0.2) is 42.6 Å². The van der Waals surface area contributed by atoms with Crippen molar-refractivity contribution >= 4 is 11.9 Å². The van der Waals surface area contributed by atoms with Gasteiger partial charge in [0.2, 0.25) is 0 Å². The van der Waals surface area contributed by atoms with Crippen molar-refractivity contribution in [2.24, 2.45) is 7.05 Å². The number of carbonyl (C=O) groups excluding carboxylic acids is 2. The number of esters is 1. The van der Waals surface area contributed by atoms with Crippen molar-refractivity contribution < 1.29 is 18.7 Å². The van der Waals surface area contributed by atoms with Crippen molar-refractivity contribution in [2.75, 3.05) is 13.2 Å². The van der Waals surface area contributed by atoms with Gasteiger partial charge in [0.05, 0.1) is 12.0 Å². The molecule has 0 N–H and O–H groups in total. The number of likely N-dealkylation sites (tertiary alicyclic amines) is 1. The summed E-state index contributed by atoms with van der Waals surface area (Å²) in [6, 6.07) is 9.99. The third kappa shape index (κ3) is 3.87. The lowest BCUT2D eigenvalue weighted by atomic mass is 9.64. The Morgan fingerprint density at radius 1 is 1.13 bits per heavy atom. The third-order valence-corrected chi connectivity index (χ3v) is 6.73. The van der Waals surface area contributed by atoms with Crippen molar-refractivity contribution in [3.8, 4) is 0 Å². The number of nitrogens with zero attached hydrogens (tertiary/aromatic N) is 2. The highest BCUT2D eigenvalue weighted by Gasteiger charge is 2.47. The SMILES string of the molecule is Cn1cccc1C(=O)N1CCCCC1CCOC(=O)C1(c2ccc(F)cc2)CCC1. The molecule has 1 aliphatic heterocycles. The summed E-state index contributed by atoms with van der Waals surface area (Å²) in [5.74, 6) is -0.487. The van der Waals surface area contributed by atoms with Gasteiger partial charge in [-0.2, -0.15) is 0 Å². The van der Waals surface area contributed by atoms with Gasteiger partial charge >= 0.3 is 5.97 Å². The fraction of sp³-hybridized carbons (Fsp3) is 0.500. The number of benzene rings is 1. The molecule has 1 amide bonds. The van der Waals surface area contributed by atoms with Crippen molar-refractivity contribution in [1.29, 1.82) is 0 Å². The Morgan fingerprint density at radius 3 is 2.53 bits per heavy atom. The van der Waals surface area contributed by atoms with Crippen LogP contribution in [0, 0.1) is 5.82 Å². The highest BCUT2D eigenvalue weighted by atomic mass is 19.1. The molecule has 0 spiro atoms. The number of hydrogen-bond acceptors (Lipinski definition) is 3. The molecule has 0 radical (unpaired) electrons. The van der Waals surface area contributed by atoms with E-state index in [1.807, 2.05) is 34.8 Å². The van der Waals surface area contributed by atoms with Crippen LogP contribution >= 0.6 is 0 Å². The molecule has 30 heavy (non-hydrogen) atoms. The van der Waals surface area contributed by atoms with Gasteiger partial charge in [-0.3, -0.25) is 9.59 Å². The van der Waals surface area contributed by atoms with E-state index < -0.39 is 5.41 Å². The molecule has 1 aromatic heterocycles. The molecular formula is C24H29FN2O3. The van der Waals surface area contributed by atoms with Crippen LogP contribution < -0.4 is 0 Å². The van der Waals surface area contributed by atoms with E-state index in [-0.39, 0.29) is 23.7 Å². The Bertz CT molecular complexity index is 901. The molecule has 2 heterocycles. The Hall–Kier alpha value is -2.63. The first-order valence-electron chi connectivity index (χ1n) is 10.9. The van der Waals surface area contributed by atoms with Crippen LogP contribution in [-0.2, 0) is 22.0 Å². The van der Waals surface area contributed by atoms with Gasteiger partial charge in [-0.15, -0.1) is 0 Å². The van der Waals surface area contributed by atoms with Crippen molar-refractivity contribution in [3.05, 3.63) is 59.7 Å². The lowest BCUT2D eigenvalue weighted by Crippen LogP contribution is -2.46. The maximum absolute atomic E-state index is 13.3. The van der Waals surface area contributed by atoms with Crippen molar-refractivity contribution in [3.63, 3.8) is 0 Å². The number of piperidine rings is 1. The lowest BCUT2D eigenvalue weighted by molar-refractivity contribution is -0.155. The number of amides is 1. The Kier molecular flexibility index (Phi) is 5.93. The minimum absolute atomic E-state index is 0.0419. The molecule has 1 aromatic carbocycles. The molecule has 1 unspecified atom stereocenters. The molecule has 4 rings (SSSR count). The summed E-state index contributed by atoms with van der Waals surface area (Å²) in [5.41, 5.74) is 0.876. The number of aromatic nitrogens is 1. The first-order chi connectivity index (χ1) is 14.5. The van der Waals surface area contributed by atoms with Crippen LogP contribution in [0.2, 0.25) is 0 Å². The van der Waals surface area contributed by atoms with E-state index in [1.165, 1.54) is 12.1 Å². The molecule has 1 atom stereocenters. The predicted octanol–water partition coefficient (Wildman–Crippen LogP) is 4.21. The summed E-state index contributed by atoms with van der Waals surface area (Å²) in [5, 5.41) is 0. The van der Waals surface area contributed by atoms with E-state index in [0.717, 1.165) is 50.6 Å². The maximum atomic E-state index is 13.3. The lowest BCUT2D eigenvalue weighted by Gasteiger charge is -2.40. The standard InChI is InChI=1S/C24H29FN2O3/c1-26-15-4-7-21(26)22(28)27-16-3-2-6-20(27)12-17-30-23(29)24(13-5-14-24)18-8-10-19(25)11-9-18/h4,7-11,15,20H,2-3,5-6,12-14,16-17H2,1H3. The summed E-state index contributed by atoms with van der Waals surface area (Å²) in [6.45, 7) is 1.03. The number of rotatable bonds is 6. The molecule has 0 bridgehead atoms. The fourth-order valence-corrected chi connectivity index (χ4v) is 4.73. The Balaban J connectivity index is 1.37. The van der Waals surface area contributed by atoms with Crippen LogP contribution in [-0.4, -0.2) is 40.5 Å². The molecule has 1 saturated carbocycles. The second kappa shape index (κ2) is 8.62. The van der Waals surface area contributed by atoms with Gasteiger partial charge < -0.3 is 14.2 Å². The first kappa shape index (κ1) is 20.6. The van der Waals surface area contributed by atoms with Crippen LogP contribution in [0.25, 0.3) is 0 Å². The van der Waals surface area contributed by atoms with Gasteiger partial charge in [0.25, 0.3) is 5.91 Å². The minimum Gasteiger partial charge on any atom is -0.465 e. The van der Waals surface area contributed by atoms with Crippen molar-refractivity contribution in [1.82, 2.24) is 9.47 Å². The highest BCUT2D eigenvalue weighted by Crippen LogP contribution is 2.44.